The van der Waals surface area contributed by atoms with E-state index in [0.717, 1.165) is 0 Å². The highest BCUT2D eigenvalue weighted by Crippen LogP contribution is 2.22. The van der Waals surface area contributed by atoms with E-state index < -0.39 is 0 Å². The second-order valence-electron chi connectivity index (χ2n) is 2.43. The van der Waals surface area contributed by atoms with Crippen LogP contribution in [0, 0.1) is 0 Å². The number of benzene rings is 1. The van der Waals surface area contributed by atoms with Crippen LogP contribution in [0.4, 0.5) is 11.4 Å². The third kappa shape index (κ3) is 2.49. The van der Waals surface area contributed by atoms with Crippen LogP contribution in [-0.2, 0) is 4.79 Å². The molecule has 3 nitrogen and oxygen atoms in total. The van der Waals surface area contributed by atoms with Crippen LogP contribution >= 0.6 is 11.6 Å². The van der Waals surface area contributed by atoms with Crippen molar-refractivity contribution in [3.8, 4) is 0 Å². The Hall–Kier alpha value is -1.48. The summed E-state index contributed by atoms with van der Waals surface area (Å²) in [5, 5.41) is 2.98. The molecule has 0 saturated heterocycles. The first-order valence-electron chi connectivity index (χ1n) is 3.62. The molecule has 0 atom stereocenters. The lowest BCUT2D eigenvalue weighted by Crippen LogP contribution is -2.07. The minimum atomic E-state index is -0.277. The van der Waals surface area contributed by atoms with E-state index >= 15 is 0 Å². The van der Waals surface area contributed by atoms with Crippen LogP contribution in [0.25, 0.3) is 0 Å². The number of nitrogens with two attached hydrogens (primary N) is 1. The summed E-state index contributed by atoms with van der Waals surface area (Å²) in [6.07, 6.45) is 1.18. The zero-order chi connectivity index (χ0) is 9.84. The van der Waals surface area contributed by atoms with E-state index in [-0.39, 0.29) is 5.91 Å². The largest absolute Gasteiger partial charge is 0.398 e. The molecule has 1 aromatic carbocycles. The van der Waals surface area contributed by atoms with Gasteiger partial charge in [-0.3, -0.25) is 4.79 Å². The molecular formula is C9H9ClN2O. The fourth-order valence-corrected chi connectivity index (χ4v) is 0.979. The van der Waals surface area contributed by atoms with Crippen molar-refractivity contribution in [3.05, 3.63) is 35.9 Å². The highest BCUT2D eigenvalue weighted by molar-refractivity contribution is 6.33. The van der Waals surface area contributed by atoms with Crippen molar-refractivity contribution in [2.24, 2.45) is 0 Å². The zero-order valence-corrected chi connectivity index (χ0v) is 7.64. The van der Waals surface area contributed by atoms with Gasteiger partial charge in [0.1, 0.15) is 0 Å². The van der Waals surface area contributed by atoms with Crippen LogP contribution in [0.3, 0.4) is 0 Å². The average molecular weight is 197 g/mol. The second-order valence-corrected chi connectivity index (χ2v) is 2.84. The summed E-state index contributed by atoms with van der Waals surface area (Å²) in [6, 6.07) is 4.88. The summed E-state index contributed by atoms with van der Waals surface area (Å²) in [4.78, 5) is 10.9. The zero-order valence-electron chi connectivity index (χ0n) is 6.88. The predicted molar refractivity (Wildman–Crippen MR) is 54.7 cm³/mol. The molecule has 1 rings (SSSR count). The molecule has 0 aliphatic rings. The Kier molecular flexibility index (Phi) is 2.93. The van der Waals surface area contributed by atoms with Crippen molar-refractivity contribution in [2.75, 3.05) is 11.1 Å². The van der Waals surface area contributed by atoms with E-state index in [2.05, 4.69) is 11.9 Å². The maximum absolute atomic E-state index is 10.9. The monoisotopic (exact) mass is 196 g/mol. The first-order valence-corrected chi connectivity index (χ1v) is 3.99. The van der Waals surface area contributed by atoms with E-state index in [1.165, 1.54) is 6.08 Å². The molecule has 0 bridgehead atoms. The van der Waals surface area contributed by atoms with Gasteiger partial charge in [0.25, 0.3) is 0 Å². The lowest BCUT2D eigenvalue weighted by molar-refractivity contribution is -0.111. The molecule has 13 heavy (non-hydrogen) atoms. The number of carbonyl (C=O) groups excluding carboxylic acids is 1. The van der Waals surface area contributed by atoms with Crippen LogP contribution in [0.1, 0.15) is 0 Å². The third-order valence-corrected chi connectivity index (χ3v) is 1.78. The minimum absolute atomic E-state index is 0.277. The Bertz CT molecular complexity index is 349. The molecule has 0 spiro atoms. The summed E-state index contributed by atoms with van der Waals surface area (Å²) < 4.78 is 0. The van der Waals surface area contributed by atoms with Crippen molar-refractivity contribution < 1.29 is 4.79 Å². The van der Waals surface area contributed by atoms with Gasteiger partial charge in [-0.2, -0.15) is 0 Å². The molecule has 0 fully saturated rings. The lowest BCUT2D eigenvalue weighted by Gasteiger charge is -2.03. The summed E-state index contributed by atoms with van der Waals surface area (Å²) in [5.41, 5.74) is 6.57. The number of hydrogen-bond donors (Lipinski definition) is 2. The lowest BCUT2D eigenvalue weighted by atomic mass is 10.3. The summed E-state index contributed by atoms with van der Waals surface area (Å²) in [5.74, 6) is -0.277. The molecule has 1 aromatic rings. The average Bonchev–Trinajstić information content (AvgIpc) is 2.11. The van der Waals surface area contributed by atoms with Crippen molar-refractivity contribution >= 4 is 28.9 Å². The summed E-state index contributed by atoms with van der Waals surface area (Å²) in [7, 11) is 0. The van der Waals surface area contributed by atoms with E-state index in [1.807, 2.05) is 0 Å². The molecule has 0 radical (unpaired) electrons. The quantitative estimate of drug-likeness (QED) is 0.562. The van der Waals surface area contributed by atoms with Gasteiger partial charge in [-0.05, 0) is 24.3 Å². The Morgan fingerprint density at radius 2 is 2.31 bits per heavy atom. The molecule has 0 aliphatic carbocycles. The Balaban J connectivity index is 2.85. The maximum atomic E-state index is 10.9. The molecule has 3 N–H and O–H groups in total. The number of anilines is 2. The molecule has 0 heterocycles. The first-order chi connectivity index (χ1) is 6.13. The topological polar surface area (TPSA) is 55.1 Å². The highest BCUT2D eigenvalue weighted by atomic mass is 35.5. The van der Waals surface area contributed by atoms with Crippen LogP contribution in [0.5, 0.6) is 0 Å². The minimum Gasteiger partial charge on any atom is -0.398 e. The van der Waals surface area contributed by atoms with Gasteiger partial charge in [-0.1, -0.05) is 18.2 Å². The number of amides is 1. The van der Waals surface area contributed by atoms with Gasteiger partial charge in [0.2, 0.25) is 5.91 Å². The van der Waals surface area contributed by atoms with E-state index in [9.17, 15) is 4.79 Å². The van der Waals surface area contributed by atoms with E-state index in [0.29, 0.717) is 16.4 Å². The number of carbonyl (C=O) groups is 1. The van der Waals surface area contributed by atoms with Gasteiger partial charge in [0.05, 0.1) is 10.7 Å². The molecule has 0 saturated carbocycles. The van der Waals surface area contributed by atoms with Gasteiger partial charge in [-0.25, -0.2) is 0 Å². The SMILES string of the molecule is C=CC(=O)Nc1ccc(N)c(Cl)c1. The van der Waals surface area contributed by atoms with Gasteiger partial charge >= 0.3 is 0 Å². The number of nitrogen functional groups attached to an aromatic ring is 1. The Morgan fingerprint density at radius 1 is 1.62 bits per heavy atom. The number of rotatable bonds is 2. The van der Waals surface area contributed by atoms with Crippen LogP contribution < -0.4 is 11.1 Å². The van der Waals surface area contributed by atoms with Crippen LogP contribution in [-0.4, -0.2) is 5.91 Å². The Labute approximate surface area is 81.2 Å². The van der Waals surface area contributed by atoms with Crippen molar-refractivity contribution in [1.82, 2.24) is 0 Å². The van der Waals surface area contributed by atoms with Crippen molar-refractivity contribution in [3.63, 3.8) is 0 Å². The predicted octanol–water partition coefficient (Wildman–Crippen LogP) is 2.05. The van der Waals surface area contributed by atoms with Gasteiger partial charge in [-0.15, -0.1) is 0 Å². The van der Waals surface area contributed by atoms with E-state index in [4.69, 9.17) is 17.3 Å². The molecular weight excluding hydrogens is 188 g/mol. The molecule has 0 unspecified atom stereocenters. The Morgan fingerprint density at radius 3 is 2.85 bits per heavy atom. The van der Waals surface area contributed by atoms with E-state index in [1.54, 1.807) is 18.2 Å². The molecule has 0 aliphatic heterocycles. The van der Waals surface area contributed by atoms with Gasteiger partial charge in [0.15, 0.2) is 0 Å². The van der Waals surface area contributed by atoms with Gasteiger partial charge < -0.3 is 11.1 Å². The summed E-state index contributed by atoms with van der Waals surface area (Å²) in [6.45, 7) is 3.33. The third-order valence-electron chi connectivity index (χ3n) is 1.45. The van der Waals surface area contributed by atoms with Crippen molar-refractivity contribution in [1.29, 1.82) is 0 Å². The van der Waals surface area contributed by atoms with Crippen LogP contribution in [0.2, 0.25) is 5.02 Å². The molecule has 0 aromatic heterocycles. The fraction of sp³-hybridized carbons (Fsp3) is 0. The maximum Gasteiger partial charge on any atom is 0.247 e. The number of nitrogens with one attached hydrogen (secondary N) is 1. The molecule has 68 valence electrons. The summed E-state index contributed by atoms with van der Waals surface area (Å²) >= 11 is 5.74. The second kappa shape index (κ2) is 3.96. The highest BCUT2D eigenvalue weighted by Gasteiger charge is 1.99. The number of halogens is 1. The molecule has 1 amide bonds. The van der Waals surface area contributed by atoms with Crippen LogP contribution in [0.15, 0.2) is 30.9 Å². The van der Waals surface area contributed by atoms with Crippen molar-refractivity contribution in [2.45, 2.75) is 0 Å². The normalized spacial score (nSPS) is 9.31. The standard InChI is InChI=1S/C9H9ClN2O/c1-2-9(13)12-6-3-4-8(11)7(10)5-6/h2-5H,1,11H2,(H,12,13). The first kappa shape index (κ1) is 9.61. The molecule has 4 heteroatoms. The smallest absolute Gasteiger partial charge is 0.247 e. The fourth-order valence-electron chi connectivity index (χ4n) is 0.798. The number of hydrogen-bond acceptors (Lipinski definition) is 2. The van der Waals surface area contributed by atoms with Gasteiger partial charge in [0, 0.05) is 5.69 Å².